The molecule has 1 N–H and O–H groups in total. The maximum atomic E-state index is 13.6. The fraction of sp³-hybridized carbons (Fsp3) is 0.167. The lowest BCUT2D eigenvalue weighted by molar-refractivity contribution is -0.132. The number of rotatable bonds is 5. The fourth-order valence-corrected chi connectivity index (χ4v) is 1.38. The van der Waals surface area contributed by atoms with Crippen molar-refractivity contribution in [2.24, 2.45) is 0 Å². The standard InChI is InChI=1S/C12H9ClF2O4/c1-2-19-5-7(12(17)18)11(16)6-3-4-8(14)9(13)10(6)15/h3-5H,2H2,1H3,(H,17,18). The van der Waals surface area contributed by atoms with E-state index in [-0.39, 0.29) is 6.61 Å². The van der Waals surface area contributed by atoms with Gasteiger partial charge in [0.1, 0.15) is 22.7 Å². The van der Waals surface area contributed by atoms with Crippen LogP contribution in [0.15, 0.2) is 24.0 Å². The van der Waals surface area contributed by atoms with Crippen LogP contribution in [-0.4, -0.2) is 23.5 Å². The minimum Gasteiger partial charge on any atom is -0.500 e. The lowest BCUT2D eigenvalue weighted by atomic mass is 10.0. The summed E-state index contributed by atoms with van der Waals surface area (Å²) in [6.45, 7) is 1.71. The number of Topliss-reactive ketones (excluding diaryl/α,β-unsaturated/α-hetero) is 1. The summed E-state index contributed by atoms with van der Waals surface area (Å²) >= 11 is 5.32. The van der Waals surface area contributed by atoms with Gasteiger partial charge < -0.3 is 9.84 Å². The van der Waals surface area contributed by atoms with E-state index in [2.05, 4.69) is 0 Å². The van der Waals surface area contributed by atoms with Crippen LogP contribution in [0.25, 0.3) is 0 Å². The molecule has 0 saturated carbocycles. The average Bonchev–Trinajstić information content (AvgIpc) is 2.36. The summed E-state index contributed by atoms with van der Waals surface area (Å²) in [6, 6.07) is 1.60. The minimum atomic E-state index is -1.58. The van der Waals surface area contributed by atoms with E-state index in [9.17, 15) is 18.4 Å². The predicted molar refractivity (Wildman–Crippen MR) is 63.0 cm³/mol. The highest BCUT2D eigenvalue weighted by atomic mass is 35.5. The van der Waals surface area contributed by atoms with Crippen LogP contribution in [0.3, 0.4) is 0 Å². The molecule has 0 aromatic heterocycles. The largest absolute Gasteiger partial charge is 0.500 e. The molecule has 4 nitrogen and oxygen atoms in total. The van der Waals surface area contributed by atoms with Gasteiger partial charge in [0.05, 0.1) is 12.2 Å². The Morgan fingerprint density at radius 3 is 2.58 bits per heavy atom. The van der Waals surface area contributed by atoms with Gasteiger partial charge in [-0.1, -0.05) is 11.6 Å². The number of carboxylic acid groups (broad SMARTS) is 1. The molecule has 1 rings (SSSR count). The lowest BCUT2D eigenvalue weighted by Gasteiger charge is -2.05. The molecule has 0 heterocycles. The van der Waals surface area contributed by atoms with E-state index in [1.165, 1.54) is 0 Å². The van der Waals surface area contributed by atoms with Gasteiger partial charge in [0, 0.05) is 0 Å². The van der Waals surface area contributed by atoms with Crippen LogP contribution in [0.2, 0.25) is 5.02 Å². The number of benzene rings is 1. The molecule has 0 spiro atoms. The van der Waals surface area contributed by atoms with Crippen LogP contribution in [0.5, 0.6) is 0 Å². The number of carboxylic acids is 1. The van der Waals surface area contributed by atoms with Gasteiger partial charge >= 0.3 is 5.97 Å². The predicted octanol–water partition coefficient (Wildman–Crippen LogP) is 2.81. The minimum absolute atomic E-state index is 0.136. The highest BCUT2D eigenvalue weighted by Crippen LogP contribution is 2.23. The molecule has 0 saturated heterocycles. The van der Waals surface area contributed by atoms with Gasteiger partial charge in [0.15, 0.2) is 5.82 Å². The molecule has 0 fully saturated rings. The Hall–Kier alpha value is -1.95. The number of carbonyl (C=O) groups excluding carboxylic acids is 1. The van der Waals surface area contributed by atoms with E-state index in [1.54, 1.807) is 6.92 Å². The molecule has 1 aromatic carbocycles. The number of hydrogen-bond acceptors (Lipinski definition) is 3. The molecule has 1 aromatic rings. The van der Waals surface area contributed by atoms with Crippen LogP contribution < -0.4 is 0 Å². The quantitative estimate of drug-likeness (QED) is 0.226. The second-order valence-electron chi connectivity index (χ2n) is 3.34. The maximum Gasteiger partial charge on any atom is 0.342 e. The first kappa shape index (κ1) is 15.1. The SMILES string of the molecule is CCOC=C(C(=O)O)C(=O)c1ccc(F)c(Cl)c1F. The Morgan fingerprint density at radius 1 is 1.42 bits per heavy atom. The van der Waals surface area contributed by atoms with Crippen molar-refractivity contribution in [1.82, 2.24) is 0 Å². The van der Waals surface area contributed by atoms with E-state index in [4.69, 9.17) is 21.4 Å². The zero-order valence-electron chi connectivity index (χ0n) is 9.75. The summed E-state index contributed by atoms with van der Waals surface area (Å²) in [5.74, 6) is -5.09. The molecule has 0 atom stereocenters. The zero-order valence-corrected chi connectivity index (χ0v) is 10.5. The van der Waals surface area contributed by atoms with Crippen LogP contribution in [0, 0.1) is 11.6 Å². The maximum absolute atomic E-state index is 13.6. The van der Waals surface area contributed by atoms with Crippen molar-refractivity contribution in [2.75, 3.05) is 6.61 Å². The highest BCUT2D eigenvalue weighted by molar-refractivity contribution is 6.32. The number of ketones is 1. The highest BCUT2D eigenvalue weighted by Gasteiger charge is 2.25. The molecule has 0 aliphatic rings. The van der Waals surface area contributed by atoms with Crippen LogP contribution in [-0.2, 0) is 9.53 Å². The Morgan fingerprint density at radius 2 is 2.05 bits per heavy atom. The first-order valence-corrected chi connectivity index (χ1v) is 5.51. The zero-order chi connectivity index (χ0) is 14.6. The van der Waals surface area contributed by atoms with Gasteiger partial charge in [-0.2, -0.15) is 0 Å². The summed E-state index contributed by atoms with van der Waals surface area (Å²) in [4.78, 5) is 22.7. The van der Waals surface area contributed by atoms with Crippen molar-refractivity contribution in [3.63, 3.8) is 0 Å². The molecule has 7 heteroatoms. The van der Waals surface area contributed by atoms with Gasteiger partial charge in [-0.25, -0.2) is 13.6 Å². The average molecular weight is 291 g/mol. The van der Waals surface area contributed by atoms with Gasteiger partial charge in [-0.15, -0.1) is 0 Å². The molecular formula is C12H9ClF2O4. The molecule has 0 aliphatic carbocycles. The summed E-state index contributed by atoms with van der Waals surface area (Å²) in [6.07, 6.45) is 0.710. The van der Waals surface area contributed by atoms with E-state index in [0.29, 0.717) is 6.26 Å². The Labute approximate surface area is 112 Å². The van der Waals surface area contributed by atoms with Gasteiger partial charge in [-0.05, 0) is 19.1 Å². The fourth-order valence-electron chi connectivity index (χ4n) is 1.21. The lowest BCUT2D eigenvalue weighted by Crippen LogP contribution is -2.15. The molecule has 19 heavy (non-hydrogen) atoms. The Bertz CT molecular complexity index is 555. The number of aliphatic carboxylic acids is 1. The normalized spacial score (nSPS) is 11.3. The molecular weight excluding hydrogens is 282 g/mol. The Kier molecular flexibility index (Phi) is 5.00. The van der Waals surface area contributed by atoms with Crippen molar-refractivity contribution >= 4 is 23.4 Å². The van der Waals surface area contributed by atoms with Crippen LogP contribution >= 0.6 is 11.6 Å². The van der Waals surface area contributed by atoms with Crippen molar-refractivity contribution in [1.29, 1.82) is 0 Å². The first-order chi connectivity index (χ1) is 8.90. The van der Waals surface area contributed by atoms with Crippen molar-refractivity contribution in [3.05, 3.63) is 46.2 Å². The van der Waals surface area contributed by atoms with Gasteiger partial charge in [0.2, 0.25) is 5.78 Å². The number of ether oxygens (including phenoxy) is 1. The molecule has 0 bridgehead atoms. The van der Waals surface area contributed by atoms with E-state index in [0.717, 1.165) is 12.1 Å². The van der Waals surface area contributed by atoms with Gasteiger partial charge in [0.25, 0.3) is 0 Å². The third-order valence-corrected chi connectivity index (χ3v) is 2.47. The smallest absolute Gasteiger partial charge is 0.342 e. The number of carbonyl (C=O) groups is 2. The summed E-state index contributed by atoms with van der Waals surface area (Å²) in [7, 11) is 0. The van der Waals surface area contributed by atoms with Crippen molar-refractivity contribution in [2.45, 2.75) is 6.92 Å². The summed E-state index contributed by atoms with van der Waals surface area (Å²) < 4.78 is 31.3. The molecule has 0 unspecified atom stereocenters. The first-order valence-electron chi connectivity index (χ1n) is 5.13. The van der Waals surface area contributed by atoms with Gasteiger partial charge in [-0.3, -0.25) is 4.79 Å². The van der Waals surface area contributed by atoms with Crippen LogP contribution in [0.4, 0.5) is 8.78 Å². The number of halogens is 3. The second-order valence-corrected chi connectivity index (χ2v) is 3.72. The van der Waals surface area contributed by atoms with Crippen LogP contribution in [0.1, 0.15) is 17.3 Å². The van der Waals surface area contributed by atoms with Crippen molar-refractivity contribution < 1.29 is 28.2 Å². The van der Waals surface area contributed by atoms with E-state index in [1.807, 2.05) is 0 Å². The third-order valence-electron chi connectivity index (χ3n) is 2.12. The molecule has 0 amide bonds. The molecule has 0 aliphatic heterocycles. The number of hydrogen-bond donors (Lipinski definition) is 1. The van der Waals surface area contributed by atoms with E-state index < -0.39 is 39.5 Å². The second kappa shape index (κ2) is 6.29. The monoisotopic (exact) mass is 290 g/mol. The van der Waals surface area contributed by atoms with Crippen molar-refractivity contribution in [3.8, 4) is 0 Å². The molecule has 102 valence electrons. The topological polar surface area (TPSA) is 63.6 Å². The van der Waals surface area contributed by atoms with E-state index >= 15 is 0 Å². The third kappa shape index (κ3) is 3.29. The summed E-state index contributed by atoms with van der Waals surface area (Å²) in [5, 5.41) is 7.98. The molecule has 0 radical (unpaired) electrons. The summed E-state index contributed by atoms with van der Waals surface area (Å²) in [5.41, 5.74) is -1.41. The Balaban J connectivity index is 3.25.